The third kappa shape index (κ3) is 5.55. The van der Waals surface area contributed by atoms with Gasteiger partial charge in [0.15, 0.2) is 0 Å². The van der Waals surface area contributed by atoms with E-state index in [1.54, 1.807) is 6.92 Å². The third-order valence-electron chi connectivity index (χ3n) is 3.91. The zero-order valence-corrected chi connectivity index (χ0v) is 13.7. The van der Waals surface area contributed by atoms with Crippen LogP contribution in [0.25, 0.3) is 0 Å². The second-order valence-corrected chi connectivity index (χ2v) is 6.86. The van der Waals surface area contributed by atoms with Gasteiger partial charge in [0.25, 0.3) is 0 Å². The predicted octanol–water partition coefficient (Wildman–Crippen LogP) is 5.57. The molecule has 0 saturated heterocycles. The van der Waals surface area contributed by atoms with Crippen molar-refractivity contribution in [3.05, 3.63) is 23.5 Å². The number of aryl methyl sites for hydroxylation is 1. The Morgan fingerprint density at radius 2 is 1.91 bits per heavy atom. The molecule has 124 valence electrons. The van der Waals surface area contributed by atoms with E-state index in [2.05, 4.69) is 4.99 Å². The maximum atomic E-state index is 14.0. The van der Waals surface area contributed by atoms with Gasteiger partial charge in [-0.05, 0) is 49.0 Å². The van der Waals surface area contributed by atoms with Crippen molar-refractivity contribution in [2.75, 3.05) is 5.75 Å². The van der Waals surface area contributed by atoms with Gasteiger partial charge in [0.1, 0.15) is 13.7 Å². The molecule has 1 fully saturated rings. The van der Waals surface area contributed by atoms with Crippen LogP contribution in [0.4, 0.5) is 23.2 Å². The van der Waals surface area contributed by atoms with Crippen LogP contribution in [-0.4, -0.2) is 25.4 Å². The lowest BCUT2D eigenvalue weighted by atomic mass is 9.78. The Labute approximate surface area is 139 Å². The SMILES string of the molecule is [B]C(=Nc1cc(SCC(F)(F)F)c(C)cc1F)C1CCCCC1. The molecule has 1 aliphatic carbocycles. The monoisotopic (exact) mass is 343 g/mol. The number of halogens is 4. The van der Waals surface area contributed by atoms with Crippen molar-refractivity contribution < 1.29 is 17.6 Å². The molecular weight excluding hydrogens is 325 g/mol. The Bertz CT molecular complexity index is 580. The molecule has 0 aliphatic heterocycles. The van der Waals surface area contributed by atoms with E-state index in [1.807, 2.05) is 0 Å². The van der Waals surface area contributed by atoms with Crippen LogP contribution >= 0.6 is 11.8 Å². The van der Waals surface area contributed by atoms with Crippen molar-refractivity contribution in [1.29, 1.82) is 0 Å². The topological polar surface area (TPSA) is 12.4 Å². The Morgan fingerprint density at radius 1 is 1.26 bits per heavy atom. The standard InChI is InChI=1S/C16H18BF4NS/c1-10-7-12(18)13(8-14(10)23-9-16(19,20)21)22-15(17)11-5-3-2-4-6-11/h7-8,11H,2-6,9H2,1H3. The molecule has 0 aromatic heterocycles. The number of hydrogen-bond donors (Lipinski definition) is 0. The largest absolute Gasteiger partial charge is 0.398 e. The van der Waals surface area contributed by atoms with Crippen LogP contribution < -0.4 is 0 Å². The first-order valence-corrected chi connectivity index (χ1v) is 8.58. The fourth-order valence-corrected chi connectivity index (χ4v) is 3.47. The summed E-state index contributed by atoms with van der Waals surface area (Å²) in [5.41, 5.74) is 0.856. The first-order chi connectivity index (χ1) is 10.8. The smallest absolute Gasteiger partial charge is 0.266 e. The van der Waals surface area contributed by atoms with Gasteiger partial charge in [0.2, 0.25) is 0 Å². The average molecular weight is 343 g/mol. The zero-order valence-electron chi connectivity index (χ0n) is 12.9. The second-order valence-electron chi connectivity index (χ2n) is 5.84. The second kappa shape index (κ2) is 7.73. The Kier molecular flexibility index (Phi) is 6.17. The number of alkyl halides is 3. The molecule has 7 heteroatoms. The minimum atomic E-state index is -4.27. The summed E-state index contributed by atoms with van der Waals surface area (Å²) in [6.45, 7) is 1.58. The van der Waals surface area contributed by atoms with Gasteiger partial charge < -0.3 is 0 Å². The normalized spacial score (nSPS) is 17.5. The van der Waals surface area contributed by atoms with Gasteiger partial charge >= 0.3 is 6.18 Å². The molecule has 1 nitrogen and oxygen atoms in total. The van der Waals surface area contributed by atoms with Gasteiger partial charge in [-0.3, -0.25) is 4.99 Å². The number of nitrogens with zero attached hydrogens (tertiary/aromatic N) is 1. The quantitative estimate of drug-likeness (QED) is 0.301. The molecule has 0 spiro atoms. The maximum absolute atomic E-state index is 14.0. The van der Waals surface area contributed by atoms with E-state index in [0.717, 1.165) is 25.7 Å². The summed E-state index contributed by atoms with van der Waals surface area (Å²) in [7, 11) is 5.98. The number of benzene rings is 1. The minimum Gasteiger partial charge on any atom is -0.266 e. The Morgan fingerprint density at radius 3 is 2.52 bits per heavy atom. The van der Waals surface area contributed by atoms with E-state index in [1.165, 1.54) is 18.6 Å². The lowest BCUT2D eigenvalue weighted by molar-refractivity contribution is -0.105. The lowest BCUT2D eigenvalue weighted by Crippen LogP contribution is -2.17. The van der Waals surface area contributed by atoms with Gasteiger partial charge in [0, 0.05) is 4.90 Å². The van der Waals surface area contributed by atoms with Crippen LogP contribution in [0.15, 0.2) is 22.0 Å². The van der Waals surface area contributed by atoms with Gasteiger partial charge in [0.05, 0.1) is 11.4 Å². The van der Waals surface area contributed by atoms with Gasteiger partial charge in [-0.2, -0.15) is 13.2 Å². The van der Waals surface area contributed by atoms with Crippen LogP contribution in [-0.2, 0) is 0 Å². The molecule has 1 aliphatic rings. The van der Waals surface area contributed by atoms with Crippen molar-refractivity contribution >= 4 is 30.9 Å². The summed E-state index contributed by atoms with van der Waals surface area (Å²) in [6, 6.07) is 2.57. The number of aliphatic imine (C=N–C) groups is 1. The van der Waals surface area contributed by atoms with Crippen molar-refractivity contribution in [3.8, 4) is 0 Å². The average Bonchev–Trinajstić information content (AvgIpc) is 2.48. The predicted molar refractivity (Wildman–Crippen MR) is 87.3 cm³/mol. The molecular formula is C16H18BF4NS. The summed E-state index contributed by atoms with van der Waals surface area (Å²) < 4.78 is 51.1. The van der Waals surface area contributed by atoms with Crippen molar-refractivity contribution in [2.24, 2.45) is 10.9 Å². The Balaban J connectivity index is 2.20. The van der Waals surface area contributed by atoms with E-state index >= 15 is 0 Å². The molecule has 0 unspecified atom stereocenters. The van der Waals surface area contributed by atoms with E-state index in [0.29, 0.717) is 27.8 Å². The van der Waals surface area contributed by atoms with Crippen LogP contribution in [0.1, 0.15) is 37.7 Å². The van der Waals surface area contributed by atoms with Crippen LogP contribution in [0.3, 0.4) is 0 Å². The highest BCUT2D eigenvalue weighted by atomic mass is 32.2. The highest BCUT2D eigenvalue weighted by Gasteiger charge is 2.27. The van der Waals surface area contributed by atoms with E-state index < -0.39 is 17.7 Å². The van der Waals surface area contributed by atoms with E-state index in [4.69, 9.17) is 7.85 Å². The molecule has 1 saturated carbocycles. The molecule has 23 heavy (non-hydrogen) atoms. The van der Waals surface area contributed by atoms with Crippen LogP contribution in [0.5, 0.6) is 0 Å². The first kappa shape index (κ1) is 18.4. The molecule has 0 bridgehead atoms. The van der Waals surface area contributed by atoms with Crippen molar-refractivity contribution in [3.63, 3.8) is 0 Å². The number of hydrogen-bond acceptors (Lipinski definition) is 2. The fourth-order valence-electron chi connectivity index (χ4n) is 2.67. The van der Waals surface area contributed by atoms with Crippen LogP contribution in [0, 0.1) is 18.7 Å². The summed E-state index contributed by atoms with van der Waals surface area (Å²) >= 11 is 0.638. The summed E-state index contributed by atoms with van der Waals surface area (Å²) in [6.07, 6.45) is 0.905. The van der Waals surface area contributed by atoms with Gasteiger partial charge in [-0.15, -0.1) is 11.8 Å². The molecule has 0 heterocycles. The first-order valence-electron chi connectivity index (χ1n) is 7.60. The maximum Gasteiger partial charge on any atom is 0.398 e. The van der Waals surface area contributed by atoms with Crippen LogP contribution in [0.2, 0.25) is 0 Å². The van der Waals surface area contributed by atoms with E-state index in [-0.39, 0.29) is 11.6 Å². The molecule has 0 amide bonds. The summed E-state index contributed by atoms with van der Waals surface area (Å²) in [4.78, 5) is 4.53. The molecule has 2 rings (SSSR count). The highest BCUT2D eigenvalue weighted by molar-refractivity contribution is 7.99. The molecule has 0 N–H and O–H groups in total. The summed E-state index contributed by atoms with van der Waals surface area (Å²) in [5, 5.41) is 0. The van der Waals surface area contributed by atoms with Crippen molar-refractivity contribution in [1.82, 2.24) is 0 Å². The molecule has 1 aromatic carbocycles. The zero-order chi connectivity index (χ0) is 17.0. The Hall–Kier alpha value is -0.975. The molecule has 1 aromatic rings. The van der Waals surface area contributed by atoms with Crippen molar-refractivity contribution in [2.45, 2.75) is 50.1 Å². The molecule has 0 atom stereocenters. The minimum absolute atomic E-state index is 0.0170. The third-order valence-corrected chi connectivity index (χ3v) is 5.13. The van der Waals surface area contributed by atoms with Gasteiger partial charge in [-0.1, -0.05) is 19.3 Å². The van der Waals surface area contributed by atoms with E-state index in [9.17, 15) is 17.6 Å². The highest BCUT2D eigenvalue weighted by Crippen LogP contribution is 2.34. The lowest BCUT2D eigenvalue weighted by Gasteiger charge is -2.22. The fraction of sp³-hybridized carbons (Fsp3) is 0.562. The summed E-state index contributed by atoms with van der Waals surface area (Å²) in [5.74, 6) is -1.44. The molecule has 2 radical (unpaired) electrons. The number of rotatable bonds is 4. The number of thioether (sulfide) groups is 1. The van der Waals surface area contributed by atoms with Gasteiger partial charge in [-0.25, -0.2) is 4.39 Å².